The van der Waals surface area contributed by atoms with Gasteiger partial charge in [0.25, 0.3) is 10.0 Å². The summed E-state index contributed by atoms with van der Waals surface area (Å²) >= 11 is 4.55. The fraction of sp³-hybridized carbons (Fsp3) is 0.571. The lowest BCUT2D eigenvalue weighted by molar-refractivity contribution is 0.167. The minimum Gasteiger partial charge on any atom is -0.424 e. The second kappa shape index (κ2) is 7.20. The molecule has 0 spiro atoms. The second-order valence-electron chi connectivity index (χ2n) is 5.93. The van der Waals surface area contributed by atoms with Crippen molar-refractivity contribution in [2.24, 2.45) is 0 Å². The van der Waals surface area contributed by atoms with Crippen molar-refractivity contribution in [2.75, 3.05) is 26.2 Å². The Balaban J connectivity index is 1.59. The standard InChI is InChI=1S/C14H19BrN4O3S2/c1-10(2)14-17-16-12(22-14)9-18-5-7-19(8-6-18)24(20,21)13-4-3-11(15)23-13/h3-4,10H,5-9H2,1-2H3. The van der Waals surface area contributed by atoms with E-state index >= 15 is 0 Å². The Hall–Kier alpha value is -0.810. The summed E-state index contributed by atoms with van der Waals surface area (Å²) in [6.07, 6.45) is 0. The van der Waals surface area contributed by atoms with Crippen molar-refractivity contribution in [2.45, 2.75) is 30.5 Å². The van der Waals surface area contributed by atoms with E-state index in [4.69, 9.17) is 4.42 Å². The predicted molar refractivity (Wildman–Crippen MR) is 94.4 cm³/mol. The third-order valence-electron chi connectivity index (χ3n) is 3.81. The van der Waals surface area contributed by atoms with Crippen LogP contribution in [0.2, 0.25) is 0 Å². The zero-order valence-corrected chi connectivity index (χ0v) is 16.7. The molecule has 1 aliphatic heterocycles. The molecule has 0 aromatic carbocycles. The molecular formula is C14H19BrN4O3S2. The summed E-state index contributed by atoms with van der Waals surface area (Å²) in [6.45, 7) is 6.77. The van der Waals surface area contributed by atoms with Crippen molar-refractivity contribution >= 4 is 37.3 Å². The Labute approximate surface area is 153 Å². The van der Waals surface area contributed by atoms with Gasteiger partial charge in [0.15, 0.2) is 0 Å². The lowest BCUT2D eigenvalue weighted by atomic mass is 10.2. The molecule has 3 heterocycles. The number of hydrogen-bond donors (Lipinski definition) is 0. The molecule has 10 heteroatoms. The van der Waals surface area contributed by atoms with Crippen LogP contribution in [0, 0.1) is 0 Å². The largest absolute Gasteiger partial charge is 0.424 e. The van der Waals surface area contributed by atoms with E-state index in [9.17, 15) is 8.42 Å². The van der Waals surface area contributed by atoms with Gasteiger partial charge in [0.1, 0.15) is 4.21 Å². The van der Waals surface area contributed by atoms with Gasteiger partial charge >= 0.3 is 0 Å². The number of hydrogen-bond acceptors (Lipinski definition) is 7. The predicted octanol–water partition coefficient (Wildman–Crippen LogP) is 2.52. The average molecular weight is 435 g/mol. The number of rotatable bonds is 5. The van der Waals surface area contributed by atoms with Crippen LogP contribution in [0.4, 0.5) is 0 Å². The zero-order valence-electron chi connectivity index (χ0n) is 13.5. The number of thiophene rings is 1. The van der Waals surface area contributed by atoms with Crippen molar-refractivity contribution in [3.8, 4) is 0 Å². The molecule has 0 saturated carbocycles. The first-order valence-electron chi connectivity index (χ1n) is 7.66. The third kappa shape index (κ3) is 3.88. The van der Waals surface area contributed by atoms with E-state index in [0.717, 1.165) is 3.79 Å². The zero-order chi connectivity index (χ0) is 17.3. The maximum Gasteiger partial charge on any atom is 0.252 e. The number of sulfonamides is 1. The molecule has 1 aliphatic rings. The molecule has 7 nitrogen and oxygen atoms in total. The molecule has 132 valence electrons. The number of piperazine rings is 1. The summed E-state index contributed by atoms with van der Waals surface area (Å²) in [7, 11) is -3.40. The molecule has 2 aromatic heterocycles. The highest BCUT2D eigenvalue weighted by atomic mass is 79.9. The van der Waals surface area contributed by atoms with Gasteiger partial charge in [0.05, 0.1) is 10.3 Å². The molecule has 3 rings (SSSR count). The Bertz CT molecular complexity index is 795. The molecule has 0 radical (unpaired) electrons. The lowest BCUT2D eigenvalue weighted by Crippen LogP contribution is -2.48. The van der Waals surface area contributed by atoms with Crippen molar-refractivity contribution in [3.63, 3.8) is 0 Å². The minimum absolute atomic E-state index is 0.207. The van der Waals surface area contributed by atoms with E-state index in [2.05, 4.69) is 31.0 Å². The first-order chi connectivity index (χ1) is 11.4. The van der Waals surface area contributed by atoms with Crippen molar-refractivity contribution in [1.82, 2.24) is 19.4 Å². The molecular weight excluding hydrogens is 416 g/mol. The van der Waals surface area contributed by atoms with Gasteiger partial charge in [-0.15, -0.1) is 21.5 Å². The monoisotopic (exact) mass is 434 g/mol. The molecule has 1 fully saturated rings. The van der Waals surface area contributed by atoms with E-state index < -0.39 is 10.0 Å². The van der Waals surface area contributed by atoms with E-state index in [-0.39, 0.29) is 5.92 Å². The van der Waals surface area contributed by atoms with E-state index in [0.29, 0.717) is 48.7 Å². The van der Waals surface area contributed by atoms with Crippen LogP contribution in [0.1, 0.15) is 31.5 Å². The quantitative estimate of drug-likeness (QED) is 0.718. The number of halogens is 1. The minimum atomic E-state index is -3.40. The van der Waals surface area contributed by atoms with Crippen molar-refractivity contribution < 1.29 is 12.8 Å². The summed E-state index contributed by atoms with van der Waals surface area (Å²) in [6, 6.07) is 3.40. The van der Waals surface area contributed by atoms with Crippen LogP contribution in [-0.4, -0.2) is 54.0 Å². The molecule has 1 saturated heterocycles. The molecule has 0 aliphatic carbocycles. The summed E-state index contributed by atoms with van der Waals surface area (Å²) in [4.78, 5) is 2.13. The lowest BCUT2D eigenvalue weighted by Gasteiger charge is -2.32. The van der Waals surface area contributed by atoms with Gasteiger partial charge in [0, 0.05) is 32.1 Å². The molecule has 2 aromatic rings. The van der Waals surface area contributed by atoms with Crippen LogP contribution in [0.3, 0.4) is 0 Å². The highest BCUT2D eigenvalue weighted by Crippen LogP contribution is 2.29. The average Bonchev–Trinajstić information content (AvgIpc) is 3.17. The van der Waals surface area contributed by atoms with Crippen molar-refractivity contribution in [3.05, 3.63) is 27.7 Å². The fourth-order valence-corrected chi connectivity index (χ4v) is 6.03. The van der Waals surface area contributed by atoms with Gasteiger partial charge in [-0.2, -0.15) is 4.31 Å². The summed E-state index contributed by atoms with van der Waals surface area (Å²) in [5.41, 5.74) is 0. The van der Waals surface area contributed by atoms with Gasteiger partial charge in [-0.3, -0.25) is 4.90 Å². The molecule has 0 amide bonds. The SMILES string of the molecule is CC(C)c1nnc(CN2CCN(S(=O)(=O)c3ccc(Br)s3)CC2)o1. The number of aromatic nitrogens is 2. The van der Waals surface area contributed by atoms with Crippen LogP contribution in [0.25, 0.3) is 0 Å². The van der Waals surface area contributed by atoms with Gasteiger partial charge < -0.3 is 4.42 Å². The van der Waals surface area contributed by atoms with E-state index in [1.807, 2.05) is 13.8 Å². The Morgan fingerprint density at radius 3 is 2.50 bits per heavy atom. The molecule has 0 atom stereocenters. The second-order valence-corrected chi connectivity index (χ2v) is 10.6. The summed E-state index contributed by atoms with van der Waals surface area (Å²) in [5, 5.41) is 8.08. The topological polar surface area (TPSA) is 79.5 Å². The first kappa shape index (κ1) is 18.0. The fourth-order valence-electron chi connectivity index (χ4n) is 2.45. The summed E-state index contributed by atoms with van der Waals surface area (Å²) < 4.78 is 33.5. The van der Waals surface area contributed by atoms with Gasteiger partial charge in [-0.25, -0.2) is 8.42 Å². The highest BCUT2D eigenvalue weighted by Gasteiger charge is 2.30. The van der Waals surface area contributed by atoms with Crippen LogP contribution >= 0.6 is 27.3 Å². The maximum atomic E-state index is 12.6. The first-order valence-corrected chi connectivity index (χ1v) is 10.7. The summed E-state index contributed by atoms with van der Waals surface area (Å²) in [5.74, 6) is 1.42. The molecule has 0 bridgehead atoms. The maximum absolute atomic E-state index is 12.6. The highest BCUT2D eigenvalue weighted by molar-refractivity contribution is 9.11. The Morgan fingerprint density at radius 2 is 1.96 bits per heavy atom. The van der Waals surface area contributed by atoms with Gasteiger partial charge in [-0.1, -0.05) is 13.8 Å². The van der Waals surface area contributed by atoms with Gasteiger partial charge in [-0.05, 0) is 28.1 Å². The smallest absolute Gasteiger partial charge is 0.252 e. The van der Waals surface area contributed by atoms with Crippen LogP contribution < -0.4 is 0 Å². The van der Waals surface area contributed by atoms with Crippen LogP contribution in [-0.2, 0) is 16.6 Å². The van der Waals surface area contributed by atoms with Gasteiger partial charge in [0.2, 0.25) is 11.8 Å². The van der Waals surface area contributed by atoms with E-state index in [1.54, 1.807) is 12.1 Å². The third-order valence-corrected chi connectivity index (χ3v) is 7.80. The van der Waals surface area contributed by atoms with Crippen molar-refractivity contribution in [1.29, 1.82) is 0 Å². The normalized spacial score (nSPS) is 17.7. The molecule has 24 heavy (non-hydrogen) atoms. The molecule has 0 unspecified atom stereocenters. The van der Waals surface area contributed by atoms with Crippen LogP contribution in [0.5, 0.6) is 0 Å². The Kier molecular flexibility index (Phi) is 5.40. The number of nitrogens with zero attached hydrogens (tertiary/aromatic N) is 4. The van der Waals surface area contributed by atoms with E-state index in [1.165, 1.54) is 15.6 Å². The molecule has 0 N–H and O–H groups in total. The van der Waals surface area contributed by atoms with Crippen LogP contribution in [0.15, 0.2) is 24.5 Å². The Morgan fingerprint density at radius 1 is 1.25 bits per heavy atom.